The van der Waals surface area contributed by atoms with Gasteiger partial charge < -0.3 is 21.3 Å². The predicted molar refractivity (Wildman–Crippen MR) is 120 cm³/mol. The van der Waals surface area contributed by atoms with Crippen LogP contribution in [0.5, 0.6) is 0 Å². The van der Waals surface area contributed by atoms with Crippen molar-refractivity contribution in [2.24, 2.45) is 0 Å². The van der Waals surface area contributed by atoms with Crippen LogP contribution in [-0.2, 0) is 11.3 Å². The number of rotatable bonds is 4. The molecule has 166 valence electrons. The van der Waals surface area contributed by atoms with E-state index in [4.69, 9.17) is 0 Å². The van der Waals surface area contributed by atoms with Gasteiger partial charge in [-0.1, -0.05) is 24.3 Å². The first-order chi connectivity index (χ1) is 16.0. The molecule has 0 spiro atoms. The zero-order valence-electron chi connectivity index (χ0n) is 17.8. The molecule has 2 aliphatic heterocycles. The lowest BCUT2D eigenvalue weighted by molar-refractivity contribution is -0.386. The van der Waals surface area contributed by atoms with Crippen molar-refractivity contribution >= 4 is 23.4 Å². The average Bonchev–Trinajstić information content (AvgIpc) is 3.23. The summed E-state index contributed by atoms with van der Waals surface area (Å²) < 4.78 is 0. The molecular formula is C24H23N6O3+. The monoisotopic (exact) mass is 443 g/mol. The van der Waals surface area contributed by atoms with E-state index in [2.05, 4.69) is 26.3 Å². The van der Waals surface area contributed by atoms with E-state index < -0.39 is 18.0 Å². The minimum Gasteiger partial charge on any atom is -0.354 e. The van der Waals surface area contributed by atoms with Crippen molar-refractivity contribution in [3.8, 4) is 11.1 Å². The summed E-state index contributed by atoms with van der Waals surface area (Å²) in [5.41, 5.74) is 7.96. The fraction of sp³-hybridized carbons (Fsp3) is 0.208. The second-order valence-corrected chi connectivity index (χ2v) is 8.10. The highest BCUT2D eigenvalue weighted by Crippen LogP contribution is 2.32. The second-order valence-electron chi connectivity index (χ2n) is 8.10. The van der Waals surface area contributed by atoms with E-state index in [1.54, 1.807) is 11.0 Å². The van der Waals surface area contributed by atoms with Crippen molar-refractivity contribution in [1.29, 1.82) is 0 Å². The standard InChI is InChI=1S/C24H22N6O3/c25-12-14-2-1-3-15(10-14)16-4-5-18-17(11-16)24(33)30-9-6-19(21(30)23(32)28-18)29-22(31)20-13-26-7-8-27-20/h1-5,7-8,10-11,13,19,21H,6,9,12,25H2,(H,28,32)(H,29,31)/p+1/t19-,21-/m0/s1. The van der Waals surface area contributed by atoms with E-state index in [9.17, 15) is 14.4 Å². The van der Waals surface area contributed by atoms with Gasteiger partial charge in [-0.15, -0.1) is 0 Å². The van der Waals surface area contributed by atoms with Crippen molar-refractivity contribution in [2.45, 2.75) is 25.0 Å². The van der Waals surface area contributed by atoms with Crippen LogP contribution in [0.3, 0.4) is 0 Å². The van der Waals surface area contributed by atoms with Gasteiger partial charge in [0.25, 0.3) is 11.8 Å². The third-order valence-electron chi connectivity index (χ3n) is 6.10. The summed E-state index contributed by atoms with van der Waals surface area (Å²) in [6.45, 7) is 1.04. The van der Waals surface area contributed by atoms with Gasteiger partial charge in [0.2, 0.25) is 5.91 Å². The van der Waals surface area contributed by atoms with Gasteiger partial charge in [-0.25, -0.2) is 4.98 Å². The van der Waals surface area contributed by atoms with Crippen LogP contribution in [-0.4, -0.2) is 51.2 Å². The lowest BCUT2D eigenvalue weighted by atomic mass is 9.99. The first-order valence-electron chi connectivity index (χ1n) is 10.8. The van der Waals surface area contributed by atoms with Crippen LogP contribution >= 0.6 is 0 Å². The summed E-state index contributed by atoms with van der Waals surface area (Å²) in [4.78, 5) is 48.6. The maximum Gasteiger partial charge on any atom is 0.271 e. The normalized spacial score (nSPS) is 19.4. The fourth-order valence-corrected chi connectivity index (χ4v) is 4.43. The van der Waals surface area contributed by atoms with Crippen LogP contribution in [0, 0.1) is 0 Å². The van der Waals surface area contributed by atoms with Crippen molar-refractivity contribution < 1.29 is 20.1 Å². The second kappa shape index (κ2) is 8.44. The first kappa shape index (κ1) is 20.8. The molecule has 0 saturated carbocycles. The molecule has 5 rings (SSSR count). The maximum atomic E-state index is 13.5. The van der Waals surface area contributed by atoms with Crippen LogP contribution in [0.4, 0.5) is 5.69 Å². The minimum absolute atomic E-state index is 0.161. The van der Waals surface area contributed by atoms with E-state index in [1.165, 1.54) is 18.6 Å². The maximum absolute atomic E-state index is 13.5. The van der Waals surface area contributed by atoms with Crippen LogP contribution in [0.15, 0.2) is 61.1 Å². The molecule has 3 amide bonds. The number of carbonyl (C=O) groups is 3. The summed E-state index contributed by atoms with van der Waals surface area (Å²) in [7, 11) is 0. The number of aromatic nitrogens is 2. The van der Waals surface area contributed by atoms with Crippen molar-refractivity contribution in [3.05, 3.63) is 77.9 Å². The van der Waals surface area contributed by atoms with Gasteiger partial charge in [0.15, 0.2) is 0 Å². The van der Waals surface area contributed by atoms with Gasteiger partial charge in [0.05, 0.1) is 30.0 Å². The third-order valence-corrected chi connectivity index (χ3v) is 6.10. The van der Waals surface area contributed by atoms with Gasteiger partial charge in [-0.3, -0.25) is 19.4 Å². The number of nitrogens with zero attached hydrogens (tertiary/aromatic N) is 3. The fourth-order valence-electron chi connectivity index (χ4n) is 4.43. The number of benzene rings is 2. The molecule has 2 aliphatic rings. The molecule has 9 heteroatoms. The van der Waals surface area contributed by atoms with Crippen molar-refractivity contribution in [3.63, 3.8) is 0 Å². The predicted octanol–water partition coefficient (Wildman–Crippen LogP) is 0.851. The van der Waals surface area contributed by atoms with E-state index in [-0.39, 0.29) is 17.5 Å². The highest BCUT2D eigenvalue weighted by molar-refractivity contribution is 6.11. The molecule has 3 heterocycles. The van der Waals surface area contributed by atoms with Crippen LogP contribution in [0.2, 0.25) is 0 Å². The number of nitrogens with one attached hydrogen (secondary N) is 2. The quantitative estimate of drug-likeness (QED) is 0.550. The van der Waals surface area contributed by atoms with Crippen LogP contribution in [0.1, 0.15) is 32.8 Å². The lowest BCUT2D eigenvalue weighted by Crippen LogP contribution is -2.51. The van der Waals surface area contributed by atoms with Crippen molar-refractivity contribution in [1.82, 2.24) is 20.2 Å². The smallest absolute Gasteiger partial charge is 0.271 e. The topological polar surface area (TPSA) is 132 Å². The molecule has 9 nitrogen and oxygen atoms in total. The van der Waals surface area contributed by atoms with Gasteiger partial charge in [0, 0.05) is 24.5 Å². The number of hydrogen-bond acceptors (Lipinski definition) is 5. The molecule has 1 aromatic heterocycles. The molecule has 5 N–H and O–H groups in total. The number of hydrogen-bond donors (Lipinski definition) is 3. The highest BCUT2D eigenvalue weighted by Gasteiger charge is 2.45. The Labute approximate surface area is 190 Å². The molecule has 0 unspecified atom stereocenters. The molecule has 3 aromatic rings. The number of fused-ring (bicyclic) bond motifs is 2. The minimum atomic E-state index is -0.802. The Kier molecular flexibility index (Phi) is 5.31. The largest absolute Gasteiger partial charge is 0.354 e. The third kappa shape index (κ3) is 3.83. The summed E-state index contributed by atoms with van der Waals surface area (Å²) in [6.07, 6.45) is 4.74. The Bertz CT molecular complexity index is 1250. The molecule has 2 atom stereocenters. The summed E-state index contributed by atoms with van der Waals surface area (Å²) >= 11 is 0. The van der Waals surface area contributed by atoms with Gasteiger partial charge in [-0.05, 0) is 35.7 Å². The first-order valence-corrected chi connectivity index (χ1v) is 10.8. The summed E-state index contributed by atoms with van der Waals surface area (Å²) in [5.74, 6) is -0.986. The van der Waals surface area contributed by atoms with Gasteiger partial charge in [0.1, 0.15) is 11.7 Å². The summed E-state index contributed by atoms with van der Waals surface area (Å²) in [5, 5.41) is 5.73. The SMILES string of the molecule is [NH3+]Cc1cccc(-c2ccc3c(c2)C(=O)N2CC[C@H](NC(=O)c4cnccn4)[C@H]2C(=O)N3)c1. The average molecular weight is 443 g/mol. The Balaban J connectivity index is 1.43. The highest BCUT2D eigenvalue weighted by atomic mass is 16.2. The van der Waals surface area contributed by atoms with E-state index in [0.29, 0.717) is 30.8 Å². The number of amides is 3. The molecule has 2 aromatic carbocycles. The van der Waals surface area contributed by atoms with Gasteiger partial charge in [-0.2, -0.15) is 0 Å². The zero-order chi connectivity index (χ0) is 22.9. The lowest BCUT2D eigenvalue weighted by Gasteiger charge is -2.24. The number of carbonyl (C=O) groups excluding carboxylic acids is 3. The van der Waals surface area contributed by atoms with Crippen LogP contribution < -0.4 is 16.4 Å². The number of quaternary nitrogens is 1. The Morgan fingerprint density at radius 2 is 2.00 bits per heavy atom. The van der Waals surface area contributed by atoms with Crippen molar-refractivity contribution in [2.75, 3.05) is 11.9 Å². The Morgan fingerprint density at radius 1 is 1.15 bits per heavy atom. The zero-order valence-corrected chi connectivity index (χ0v) is 17.8. The number of anilines is 1. The van der Waals surface area contributed by atoms with Crippen LogP contribution in [0.25, 0.3) is 11.1 Å². The van der Waals surface area contributed by atoms with Gasteiger partial charge >= 0.3 is 0 Å². The molecule has 0 aliphatic carbocycles. The molecule has 1 fully saturated rings. The molecular weight excluding hydrogens is 420 g/mol. The molecule has 33 heavy (non-hydrogen) atoms. The molecule has 1 saturated heterocycles. The summed E-state index contributed by atoms with van der Waals surface area (Å²) in [6, 6.07) is 12.1. The Hall–Kier alpha value is -4.11. The molecule has 0 radical (unpaired) electrons. The van der Waals surface area contributed by atoms with E-state index >= 15 is 0 Å². The van der Waals surface area contributed by atoms with E-state index in [1.807, 2.05) is 36.4 Å². The van der Waals surface area contributed by atoms with E-state index in [0.717, 1.165) is 16.7 Å². The Morgan fingerprint density at radius 3 is 2.79 bits per heavy atom. The molecule has 0 bridgehead atoms.